The Balaban J connectivity index is 1.49. The van der Waals surface area contributed by atoms with E-state index >= 15 is 0 Å². The van der Waals surface area contributed by atoms with Crippen molar-refractivity contribution < 1.29 is 9.18 Å². The van der Waals surface area contributed by atoms with Gasteiger partial charge in [-0.25, -0.2) is 9.37 Å². The van der Waals surface area contributed by atoms with Gasteiger partial charge >= 0.3 is 0 Å². The number of carbonyl (C=O) groups is 1. The maximum atomic E-state index is 13.7. The average Bonchev–Trinajstić information content (AvgIpc) is 3.33. The largest absolute Gasteiger partial charge is 0.355 e. The van der Waals surface area contributed by atoms with Gasteiger partial charge in [0.15, 0.2) is 5.16 Å². The SMILES string of the molecule is Cc1ccccc1-n1c(SCC(=O)NCc2ccc(F)cc2)nc2c(-c3ccccc3)c[nH]c2c1=O. The van der Waals surface area contributed by atoms with E-state index in [1.54, 1.807) is 22.9 Å². The van der Waals surface area contributed by atoms with Gasteiger partial charge < -0.3 is 10.3 Å². The van der Waals surface area contributed by atoms with Gasteiger partial charge in [0.1, 0.15) is 16.9 Å². The second-order valence-electron chi connectivity index (χ2n) is 8.31. The molecule has 5 aromatic rings. The van der Waals surface area contributed by atoms with Crippen LogP contribution in [-0.2, 0) is 11.3 Å². The lowest BCUT2D eigenvalue weighted by Gasteiger charge is -2.14. The highest BCUT2D eigenvalue weighted by Crippen LogP contribution is 2.29. The molecule has 8 heteroatoms. The minimum absolute atomic E-state index is 0.0656. The normalized spacial score (nSPS) is 11.1. The predicted octanol–water partition coefficient (Wildman–Crippen LogP) is 5.24. The molecule has 5 rings (SSSR count). The summed E-state index contributed by atoms with van der Waals surface area (Å²) in [6, 6.07) is 23.3. The first kappa shape index (κ1) is 23.6. The van der Waals surface area contributed by atoms with E-state index in [0.717, 1.165) is 22.3 Å². The Bertz CT molecular complexity index is 1590. The number of hydrogen-bond acceptors (Lipinski definition) is 4. The highest BCUT2D eigenvalue weighted by Gasteiger charge is 2.19. The fourth-order valence-electron chi connectivity index (χ4n) is 3.98. The molecule has 0 atom stereocenters. The molecule has 36 heavy (non-hydrogen) atoms. The number of rotatable bonds is 7. The van der Waals surface area contributed by atoms with Gasteiger partial charge in [-0.3, -0.25) is 14.2 Å². The Morgan fingerprint density at radius 3 is 2.50 bits per heavy atom. The number of thioether (sulfide) groups is 1. The minimum atomic E-state index is -0.323. The number of H-pyrrole nitrogens is 1. The second kappa shape index (κ2) is 10.2. The topological polar surface area (TPSA) is 79.8 Å². The number of aromatic nitrogens is 3. The van der Waals surface area contributed by atoms with Gasteiger partial charge in [0.25, 0.3) is 5.56 Å². The third-order valence-electron chi connectivity index (χ3n) is 5.84. The minimum Gasteiger partial charge on any atom is -0.355 e. The van der Waals surface area contributed by atoms with Crippen LogP contribution in [0.25, 0.3) is 27.8 Å². The van der Waals surface area contributed by atoms with Crippen molar-refractivity contribution in [1.29, 1.82) is 0 Å². The number of aromatic amines is 1. The first-order valence-electron chi connectivity index (χ1n) is 11.4. The highest BCUT2D eigenvalue weighted by atomic mass is 32.2. The number of benzene rings is 3. The number of fused-ring (bicyclic) bond motifs is 1. The molecule has 0 saturated carbocycles. The summed E-state index contributed by atoms with van der Waals surface area (Å²) in [6.45, 7) is 2.21. The van der Waals surface area contributed by atoms with Gasteiger partial charge in [-0.15, -0.1) is 0 Å². The second-order valence-corrected chi connectivity index (χ2v) is 9.25. The zero-order valence-corrected chi connectivity index (χ0v) is 20.3. The van der Waals surface area contributed by atoms with Crippen molar-refractivity contribution in [2.24, 2.45) is 0 Å². The number of halogens is 1. The summed E-state index contributed by atoms with van der Waals surface area (Å²) in [7, 11) is 0. The van der Waals surface area contributed by atoms with Crippen LogP contribution >= 0.6 is 11.8 Å². The van der Waals surface area contributed by atoms with E-state index in [2.05, 4.69) is 10.3 Å². The number of carbonyl (C=O) groups excluding carboxylic acids is 1. The Morgan fingerprint density at radius 1 is 1.03 bits per heavy atom. The molecule has 0 aliphatic rings. The first-order chi connectivity index (χ1) is 17.5. The molecule has 0 aliphatic carbocycles. The van der Waals surface area contributed by atoms with E-state index in [1.165, 1.54) is 23.9 Å². The first-order valence-corrected chi connectivity index (χ1v) is 12.4. The van der Waals surface area contributed by atoms with E-state index in [1.807, 2.05) is 61.5 Å². The highest BCUT2D eigenvalue weighted by molar-refractivity contribution is 7.99. The molecule has 2 heterocycles. The van der Waals surface area contributed by atoms with Gasteiger partial charge in [-0.05, 0) is 41.8 Å². The lowest BCUT2D eigenvalue weighted by molar-refractivity contribution is -0.118. The van der Waals surface area contributed by atoms with E-state index < -0.39 is 0 Å². The van der Waals surface area contributed by atoms with Gasteiger partial charge in [0.05, 0.1) is 11.4 Å². The van der Waals surface area contributed by atoms with Crippen molar-refractivity contribution in [2.75, 3.05) is 5.75 Å². The molecule has 3 aromatic carbocycles. The monoisotopic (exact) mass is 498 g/mol. The Kier molecular flexibility index (Phi) is 6.69. The standard InChI is InChI=1S/C28H23FN4O2S/c1-18-7-5-6-10-23(18)33-27(35)26-25(22(16-31-26)20-8-3-2-4-9-20)32-28(33)36-17-24(34)30-15-19-11-13-21(29)14-12-19/h2-14,16,31H,15,17H2,1H3,(H,30,34). The predicted molar refractivity (Wildman–Crippen MR) is 141 cm³/mol. The van der Waals surface area contributed by atoms with Crippen molar-refractivity contribution in [1.82, 2.24) is 19.9 Å². The molecule has 2 N–H and O–H groups in total. The Hall–Kier alpha value is -4.17. The van der Waals surface area contributed by atoms with Crippen molar-refractivity contribution in [3.05, 3.63) is 112 Å². The molecule has 0 spiro atoms. The van der Waals surface area contributed by atoms with Crippen LogP contribution in [0.5, 0.6) is 0 Å². The van der Waals surface area contributed by atoms with E-state index in [4.69, 9.17) is 4.98 Å². The molecular weight excluding hydrogens is 475 g/mol. The van der Waals surface area contributed by atoms with Gasteiger partial charge in [-0.1, -0.05) is 72.4 Å². The molecule has 2 aromatic heterocycles. The van der Waals surface area contributed by atoms with Crippen molar-refractivity contribution in [3.63, 3.8) is 0 Å². The summed E-state index contributed by atoms with van der Waals surface area (Å²) in [5.41, 5.74) is 4.92. The van der Waals surface area contributed by atoms with Crippen molar-refractivity contribution in [2.45, 2.75) is 18.6 Å². The van der Waals surface area contributed by atoms with Crippen LogP contribution in [0.1, 0.15) is 11.1 Å². The number of para-hydroxylation sites is 1. The van der Waals surface area contributed by atoms with E-state index in [0.29, 0.717) is 21.9 Å². The maximum Gasteiger partial charge on any atom is 0.283 e. The van der Waals surface area contributed by atoms with E-state index in [9.17, 15) is 14.0 Å². The molecule has 0 bridgehead atoms. The fourth-order valence-corrected chi connectivity index (χ4v) is 4.81. The third kappa shape index (κ3) is 4.81. The number of hydrogen-bond donors (Lipinski definition) is 2. The Labute approximate surface area is 211 Å². The molecule has 180 valence electrons. The molecule has 1 amide bonds. The summed E-state index contributed by atoms with van der Waals surface area (Å²) in [5.74, 6) is -0.473. The Morgan fingerprint density at radius 2 is 1.75 bits per heavy atom. The van der Waals surface area contributed by atoms with Crippen LogP contribution in [0.4, 0.5) is 4.39 Å². The van der Waals surface area contributed by atoms with Crippen LogP contribution in [0.3, 0.4) is 0 Å². The lowest BCUT2D eigenvalue weighted by Crippen LogP contribution is -2.26. The molecule has 0 fully saturated rings. The van der Waals surface area contributed by atoms with Crippen molar-refractivity contribution >= 4 is 28.7 Å². The molecule has 0 unspecified atom stereocenters. The van der Waals surface area contributed by atoms with Crippen LogP contribution < -0.4 is 10.9 Å². The van der Waals surface area contributed by atoms with Crippen LogP contribution in [0, 0.1) is 12.7 Å². The summed E-state index contributed by atoms with van der Waals surface area (Å²) in [5, 5.41) is 3.27. The number of amides is 1. The zero-order chi connectivity index (χ0) is 25.1. The van der Waals surface area contributed by atoms with Gasteiger partial charge in [0.2, 0.25) is 5.91 Å². The smallest absolute Gasteiger partial charge is 0.283 e. The summed E-state index contributed by atoms with van der Waals surface area (Å²) >= 11 is 1.20. The molecule has 0 aliphatic heterocycles. The van der Waals surface area contributed by atoms with Gasteiger partial charge in [0, 0.05) is 18.3 Å². The van der Waals surface area contributed by atoms with Crippen molar-refractivity contribution in [3.8, 4) is 16.8 Å². The summed E-state index contributed by atoms with van der Waals surface area (Å²) < 4.78 is 14.7. The average molecular weight is 499 g/mol. The van der Waals surface area contributed by atoms with Crippen LogP contribution in [0.2, 0.25) is 0 Å². The third-order valence-corrected chi connectivity index (χ3v) is 6.78. The number of nitrogens with zero attached hydrogens (tertiary/aromatic N) is 2. The fraction of sp³-hybridized carbons (Fsp3) is 0.107. The number of nitrogens with one attached hydrogen (secondary N) is 2. The van der Waals surface area contributed by atoms with Gasteiger partial charge in [-0.2, -0.15) is 0 Å². The molecule has 6 nitrogen and oxygen atoms in total. The lowest BCUT2D eigenvalue weighted by atomic mass is 10.1. The maximum absolute atomic E-state index is 13.7. The summed E-state index contributed by atoms with van der Waals surface area (Å²) in [4.78, 5) is 34.3. The quantitative estimate of drug-likeness (QED) is 0.238. The summed E-state index contributed by atoms with van der Waals surface area (Å²) in [6.07, 6.45) is 1.79. The van der Waals surface area contributed by atoms with Crippen LogP contribution in [0.15, 0.2) is 95.0 Å². The zero-order valence-electron chi connectivity index (χ0n) is 19.5. The van der Waals surface area contributed by atoms with Crippen LogP contribution in [-0.4, -0.2) is 26.2 Å². The van der Waals surface area contributed by atoms with E-state index in [-0.39, 0.29) is 29.6 Å². The molecule has 0 radical (unpaired) electrons. The number of aryl methyl sites for hydroxylation is 1. The molecule has 0 saturated heterocycles. The molecular formula is C28H23FN4O2S.